The Kier molecular flexibility index (Phi) is 12.0. The van der Waals surface area contributed by atoms with Gasteiger partial charge in [0, 0.05) is 32.0 Å². The molecule has 1 aliphatic carbocycles. The Morgan fingerprint density at radius 1 is 0.933 bits per heavy atom. The van der Waals surface area contributed by atoms with E-state index in [0.717, 1.165) is 47.9 Å². The molecule has 1 unspecified atom stereocenters. The topological polar surface area (TPSA) is 96.0 Å². The highest BCUT2D eigenvalue weighted by atomic mass is 32.2. The van der Waals surface area contributed by atoms with Gasteiger partial charge in [0.1, 0.15) is 11.8 Å². The maximum atomic E-state index is 14.2. The van der Waals surface area contributed by atoms with Crippen LogP contribution in [0.25, 0.3) is 0 Å². The fourth-order valence-electron chi connectivity index (χ4n) is 6.04. The quantitative estimate of drug-likeness (QED) is 0.237. The molecule has 45 heavy (non-hydrogen) atoms. The van der Waals surface area contributed by atoms with Crippen LogP contribution in [0.2, 0.25) is 0 Å². The molecule has 4 rings (SSSR count). The molecule has 0 saturated heterocycles. The molecule has 0 aliphatic heterocycles. The molecule has 1 saturated carbocycles. The van der Waals surface area contributed by atoms with Gasteiger partial charge in [-0.25, -0.2) is 8.42 Å². The van der Waals surface area contributed by atoms with Crippen LogP contribution in [0.3, 0.4) is 0 Å². The van der Waals surface area contributed by atoms with Crippen molar-refractivity contribution in [3.05, 3.63) is 95.1 Å². The standard InChI is InChI=1S/C36H47N3O5S/c1-27-20-21-28(2)33(23-27)39(45(4,42)43)22-12-19-35(40)38(26-30-15-11-18-32(24-30)44-3)34(25-29-13-7-5-8-14-29)36(41)37-31-16-9-6-10-17-31/h5,7-8,11,13-15,18,20-21,23-24,31,34H,6,9-10,12,16-17,19,22,25-26H2,1-4H3,(H,37,41). The number of anilines is 1. The zero-order valence-electron chi connectivity index (χ0n) is 27.0. The number of hydrogen-bond donors (Lipinski definition) is 1. The highest BCUT2D eigenvalue weighted by molar-refractivity contribution is 7.92. The number of methoxy groups -OCH3 is 1. The third-order valence-electron chi connectivity index (χ3n) is 8.50. The zero-order valence-corrected chi connectivity index (χ0v) is 27.8. The Labute approximate surface area is 268 Å². The molecule has 1 fully saturated rings. The summed E-state index contributed by atoms with van der Waals surface area (Å²) >= 11 is 0. The second-order valence-corrected chi connectivity index (χ2v) is 14.1. The fraction of sp³-hybridized carbons (Fsp3) is 0.444. The monoisotopic (exact) mass is 633 g/mol. The minimum absolute atomic E-state index is 0.0862. The number of carbonyl (C=O) groups is 2. The lowest BCUT2D eigenvalue weighted by Gasteiger charge is -2.34. The molecular formula is C36H47N3O5S. The van der Waals surface area contributed by atoms with E-state index in [1.54, 1.807) is 12.0 Å². The summed E-state index contributed by atoms with van der Waals surface area (Å²) in [5.41, 5.74) is 4.23. The summed E-state index contributed by atoms with van der Waals surface area (Å²) in [5.74, 6) is 0.311. The molecular weight excluding hydrogens is 586 g/mol. The normalized spacial score (nSPS) is 14.4. The summed E-state index contributed by atoms with van der Waals surface area (Å²) in [6.45, 7) is 4.18. The summed E-state index contributed by atoms with van der Waals surface area (Å²) in [7, 11) is -1.99. The van der Waals surface area contributed by atoms with Crippen molar-refractivity contribution in [2.75, 3.05) is 24.2 Å². The molecule has 1 atom stereocenters. The number of nitrogens with one attached hydrogen (secondary N) is 1. The highest BCUT2D eigenvalue weighted by Crippen LogP contribution is 2.26. The van der Waals surface area contributed by atoms with Gasteiger partial charge in [-0.05, 0) is 73.6 Å². The molecule has 3 aromatic rings. The van der Waals surface area contributed by atoms with Gasteiger partial charge in [0.2, 0.25) is 21.8 Å². The summed E-state index contributed by atoms with van der Waals surface area (Å²) in [6, 6.07) is 22.4. The van der Waals surface area contributed by atoms with Crippen molar-refractivity contribution in [2.24, 2.45) is 0 Å². The molecule has 0 spiro atoms. The Hall–Kier alpha value is -3.85. The predicted molar refractivity (Wildman–Crippen MR) is 180 cm³/mol. The summed E-state index contributed by atoms with van der Waals surface area (Å²) in [6.07, 6.45) is 7.16. The number of carbonyl (C=O) groups excluding carboxylic acids is 2. The number of sulfonamides is 1. The van der Waals surface area contributed by atoms with Crippen LogP contribution in [0.15, 0.2) is 72.8 Å². The van der Waals surface area contributed by atoms with E-state index < -0.39 is 16.1 Å². The highest BCUT2D eigenvalue weighted by Gasteiger charge is 2.32. The van der Waals surface area contributed by atoms with Gasteiger partial charge in [-0.15, -0.1) is 0 Å². The van der Waals surface area contributed by atoms with E-state index in [9.17, 15) is 18.0 Å². The van der Waals surface area contributed by atoms with Crippen molar-refractivity contribution in [3.63, 3.8) is 0 Å². The minimum Gasteiger partial charge on any atom is -0.497 e. The van der Waals surface area contributed by atoms with Crippen molar-refractivity contribution in [1.82, 2.24) is 10.2 Å². The largest absolute Gasteiger partial charge is 0.497 e. The molecule has 3 aromatic carbocycles. The van der Waals surface area contributed by atoms with Crippen LogP contribution in [-0.4, -0.2) is 57.1 Å². The number of amides is 2. The molecule has 0 aromatic heterocycles. The van der Waals surface area contributed by atoms with Crippen LogP contribution >= 0.6 is 0 Å². The van der Waals surface area contributed by atoms with Gasteiger partial charge in [-0.1, -0.05) is 73.9 Å². The van der Waals surface area contributed by atoms with Crippen molar-refractivity contribution >= 4 is 27.5 Å². The van der Waals surface area contributed by atoms with E-state index in [1.807, 2.05) is 86.6 Å². The average molecular weight is 634 g/mol. The lowest BCUT2D eigenvalue weighted by atomic mass is 9.94. The first-order valence-electron chi connectivity index (χ1n) is 15.9. The lowest BCUT2D eigenvalue weighted by molar-refractivity contribution is -0.141. The predicted octanol–water partition coefficient (Wildman–Crippen LogP) is 5.95. The van der Waals surface area contributed by atoms with Crippen molar-refractivity contribution in [1.29, 1.82) is 0 Å². The Morgan fingerprint density at radius 2 is 1.64 bits per heavy atom. The van der Waals surface area contributed by atoms with Gasteiger partial charge in [-0.3, -0.25) is 13.9 Å². The molecule has 242 valence electrons. The number of aryl methyl sites for hydroxylation is 2. The van der Waals surface area contributed by atoms with Gasteiger partial charge in [0.15, 0.2) is 0 Å². The summed E-state index contributed by atoms with van der Waals surface area (Å²) < 4.78 is 32.5. The number of nitrogens with zero attached hydrogens (tertiary/aromatic N) is 2. The maximum Gasteiger partial charge on any atom is 0.243 e. The maximum absolute atomic E-state index is 14.2. The first-order chi connectivity index (χ1) is 21.5. The van der Waals surface area contributed by atoms with E-state index in [4.69, 9.17) is 4.74 Å². The first kappa shape index (κ1) is 34.0. The zero-order chi connectivity index (χ0) is 32.4. The molecule has 8 nitrogen and oxygen atoms in total. The number of hydrogen-bond acceptors (Lipinski definition) is 5. The van der Waals surface area contributed by atoms with Crippen molar-refractivity contribution in [2.45, 2.75) is 83.8 Å². The summed E-state index contributed by atoms with van der Waals surface area (Å²) in [4.78, 5) is 29.9. The van der Waals surface area contributed by atoms with Crippen LogP contribution in [-0.2, 0) is 32.6 Å². The molecule has 1 aliphatic rings. The van der Waals surface area contributed by atoms with Gasteiger partial charge < -0.3 is 15.0 Å². The van der Waals surface area contributed by atoms with Gasteiger partial charge in [0.05, 0.1) is 19.1 Å². The second kappa shape index (κ2) is 15.9. The molecule has 1 N–H and O–H groups in total. The minimum atomic E-state index is -3.59. The van der Waals surface area contributed by atoms with Gasteiger partial charge in [0.25, 0.3) is 0 Å². The molecule has 2 amide bonds. The number of rotatable bonds is 14. The number of ether oxygens (including phenoxy) is 1. The van der Waals surface area contributed by atoms with Crippen LogP contribution in [0, 0.1) is 13.8 Å². The third kappa shape index (κ3) is 9.82. The van der Waals surface area contributed by atoms with Gasteiger partial charge >= 0.3 is 0 Å². The second-order valence-electron chi connectivity index (χ2n) is 12.2. The third-order valence-corrected chi connectivity index (χ3v) is 9.68. The van der Waals surface area contributed by atoms with Crippen LogP contribution < -0.4 is 14.4 Å². The van der Waals surface area contributed by atoms with Gasteiger partial charge in [-0.2, -0.15) is 0 Å². The first-order valence-corrected chi connectivity index (χ1v) is 17.7. The molecule has 0 bridgehead atoms. The SMILES string of the molecule is COc1cccc(CN(C(=O)CCCN(c2cc(C)ccc2C)S(C)(=O)=O)C(Cc2ccccc2)C(=O)NC2CCCCC2)c1. The molecule has 0 heterocycles. The lowest BCUT2D eigenvalue weighted by Crippen LogP contribution is -2.52. The Morgan fingerprint density at radius 3 is 2.33 bits per heavy atom. The van der Waals surface area contributed by atoms with E-state index in [0.29, 0.717) is 24.3 Å². The van der Waals surface area contributed by atoms with Crippen LogP contribution in [0.4, 0.5) is 5.69 Å². The van der Waals surface area contributed by atoms with E-state index in [1.165, 1.54) is 17.0 Å². The summed E-state index contributed by atoms with van der Waals surface area (Å²) in [5, 5.41) is 3.27. The molecule has 0 radical (unpaired) electrons. The average Bonchev–Trinajstić information content (AvgIpc) is 3.02. The van der Waals surface area contributed by atoms with E-state index in [2.05, 4.69) is 5.32 Å². The van der Waals surface area contributed by atoms with Crippen molar-refractivity contribution in [3.8, 4) is 5.75 Å². The van der Waals surface area contributed by atoms with Crippen LogP contribution in [0.1, 0.15) is 67.2 Å². The molecule has 9 heteroatoms. The Balaban J connectivity index is 1.62. The Bertz CT molecular complexity index is 1540. The van der Waals surface area contributed by atoms with Crippen LogP contribution in [0.5, 0.6) is 5.75 Å². The van der Waals surface area contributed by atoms with E-state index in [-0.39, 0.29) is 37.4 Å². The fourth-order valence-corrected chi connectivity index (χ4v) is 7.05. The number of benzene rings is 3. The smallest absolute Gasteiger partial charge is 0.243 e. The van der Waals surface area contributed by atoms with Crippen molar-refractivity contribution < 1.29 is 22.7 Å². The van der Waals surface area contributed by atoms with E-state index >= 15 is 0 Å².